The Morgan fingerprint density at radius 2 is 2.00 bits per heavy atom. The molecule has 2 aromatic carbocycles. The molecule has 0 aliphatic rings. The number of nitrogens with one attached hydrogen (secondary N) is 2. The zero-order valence-corrected chi connectivity index (χ0v) is 19.9. The molecule has 3 rings (SSSR count). The lowest BCUT2D eigenvalue weighted by atomic mass is 9.97. The zero-order chi connectivity index (χ0) is 24.3. The molecule has 34 heavy (non-hydrogen) atoms. The minimum absolute atomic E-state index is 0.139. The summed E-state index contributed by atoms with van der Waals surface area (Å²) in [6, 6.07) is 14.2. The normalized spacial score (nSPS) is 11.2. The molecule has 1 atom stereocenters. The second-order valence-corrected chi connectivity index (χ2v) is 8.61. The third-order valence-electron chi connectivity index (χ3n) is 4.96. The molecule has 0 radical (unpaired) electrons. The van der Waals surface area contributed by atoms with Gasteiger partial charge in [-0.2, -0.15) is 11.8 Å². The maximum atomic E-state index is 12.9. The first kappa shape index (κ1) is 25.0. The molecule has 8 heteroatoms. The summed E-state index contributed by atoms with van der Waals surface area (Å²) in [7, 11) is 1.84. The van der Waals surface area contributed by atoms with E-state index in [1.54, 1.807) is 47.1 Å². The summed E-state index contributed by atoms with van der Waals surface area (Å²) in [5.74, 6) is 5.76. The second-order valence-electron chi connectivity index (χ2n) is 7.63. The van der Waals surface area contributed by atoms with Crippen LogP contribution in [0.25, 0.3) is 11.1 Å². The number of imidazole rings is 1. The third kappa shape index (κ3) is 7.17. The number of carbonyl (C=O) groups excluding carboxylic acids is 3. The summed E-state index contributed by atoms with van der Waals surface area (Å²) >= 11 is 1.63. The molecule has 1 aromatic heterocycles. The molecule has 0 aliphatic heterocycles. The van der Waals surface area contributed by atoms with Crippen LogP contribution in [0.15, 0.2) is 61.1 Å². The first-order chi connectivity index (χ1) is 16.5. The number of hydrazine groups is 1. The van der Waals surface area contributed by atoms with Gasteiger partial charge in [-0.3, -0.25) is 15.0 Å². The SMILES string of the molecule is CSCC[C@H](C=O)NNC(=O)c1ccc(C#CC(=O)Cc2cn(C)cn2)cc1-c1ccccc1. The van der Waals surface area contributed by atoms with Crippen LogP contribution in [0.3, 0.4) is 0 Å². The van der Waals surface area contributed by atoms with Crippen LogP contribution in [0.5, 0.6) is 0 Å². The number of thioether (sulfide) groups is 1. The Morgan fingerprint density at radius 1 is 1.21 bits per heavy atom. The van der Waals surface area contributed by atoms with E-state index in [9.17, 15) is 14.4 Å². The Balaban J connectivity index is 1.80. The molecule has 0 saturated heterocycles. The smallest absolute Gasteiger partial charge is 0.266 e. The van der Waals surface area contributed by atoms with E-state index in [4.69, 9.17) is 0 Å². The van der Waals surface area contributed by atoms with E-state index in [1.807, 2.05) is 43.6 Å². The molecule has 0 aliphatic carbocycles. The van der Waals surface area contributed by atoms with Crippen LogP contribution in [0.1, 0.15) is 28.0 Å². The molecular weight excluding hydrogens is 448 g/mol. The van der Waals surface area contributed by atoms with Crippen LogP contribution in [0, 0.1) is 11.8 Å². The third-order valence-corrected chi connectivity index (χ3v) is 5.61. The minimum atomic E-state index is -0.466. The maximum Gasteiger partial charge on any atom is 0.266 e. The number of benzene rings is 2. The molecule has 0 bridgehead atoms. The van der Waals surface area contributed by atoms with Gasteiger partial charge in [0.1, 0.15) is 6.29 Å². The zero-order valence-electron chi connectivity index (χ0n) is 19.1. The van der Waals surface area contributed by atoms with Crippen LogP contribution in [-0.2, 0) is 23.1 Å². The Labute approximate surface area is 203 Å². The highest BCUT2D eigenvalue weighted by molar-refractivity contribution is 7.98. The minimum Gasteiger partial charge on any atom is -0.340 e. The molecule has 1 amide bonds. The van der Waals surface area contributed by atoms with Gasteiger partial charge in [-0.05, 0) is 53.7 Å². The fourth-order valence-corrected chi connectivity index (χ4v) is 3.72. The van der Waals surface area contributed by atoms with E-state index >= 15 is 0 Å². The van der Waals surface area contributed by atoms with Crippen LogP contribution in [0.2, 0.25) is 0 Å². The highest BCUT2D eigenvalue weighted by Gasteiger charge is 2.15. The standard InChI is InChI=1S/C26H26N4O3S/c1-30-16-22(27-18-30)15-23(32)10-8-19-9-11-24(25(14-19)20-6-4-3-5-7-20)26(33)29-28-21(17-31)12-13-34-2/h3-7,9,11,14,16-18,21,28H,12-13,15H2,1-2H3,(H,29,33)/t21-/m1/s1. The number of aldehydes is 1. The van der Waals surface area contributed by atoms with E-state index in [0.717, 1.165) is 17.6 Å². The largest absolute Gasteiger partial charge is 0.340 e. The van der Waals surface area contributed by atoms with Gasteiger partial charge in [0.25, 0.3) is 5.91 Å². The van der Waals surface area contributed by atoms with Gasteiger partial charge in [0.15, 0.2) is 0 Å². The quantitative estimate of drug-likeness (QED) is 0.267. The number of rotatable bonds is 10. The molecule has 7 nitrogen and oxygen atoms in total. The summed E-state index contributed by atoms with van der Waals surface area (Å²) < 4.78 is 1.78. The molecule has 1 heterocycles. The number of ketones is 1. The summed E-state index contributed by atoms with van der Waals surface area (Å²) in [5, 5.41) is 0. The van der Waals surface area contributed by atoms with Crippen LogP contribution in [-0.4, -0.2) is 45.6 Å². The lowest BCUT2D eigenvalue weighted by molar-refractivity contribution is -0.113. The predicted molar refractivity (Wildman–Crippen MR) is 134 cm³/mol. The van der Waals surface area contributed by atoms with E-state index in [-0.39, 0.29) is 18.1 Å². The van der Waals surface area contributed by atoms with E-state index < -0.39 is 6.04 Å². The molecule has 174 valence electrons. The highest BCUT2D eigenvalue weighted by atomic mass is 32.2. The molecule has 3 aromatic rings. The molecule has 0 fully saturated rings. The molecule has 0 spiro atoms. The van der Waals surface area contributed by atoms with E-state index in [1.165, 1.54) is 0 Å². The molecular formula is C26H26N4O3S. The van der Waals surface area contributed by atoms with Gasteiger partial charge in [0.2, 0.25) is 5.78 Å². The van der Waals surface area contributed by atoms with Gasteiger partial charge in [0.05, 0.1) is 24.5 Å². The Hall–Kier alpha value is -3.67. The predicted octanol–water partition coefficient (Wildman–Crippen LogP) is 2.81. The second kappa shape index (κ2) is 12.5. The number of hydrogen-bond acceptors (Lipinski definition) is 6. The van der Waals surface area contributed by atoms with E-state index in [0.29, 0.717) is 28.8 Å². The Morgan fingerprint density at radius 3 is 2.68 bits per heavy atom. The van der Waals surface area contributed by atoms with Gasteiger partial charge in [-0.25, -0.2) is 10.4 Å². The van der Waals surface area contributed by atoms with Crippen molar-refractivity contribution in [3.63, 3.8) is 0 Å². The fourth-order valence-electron chi connectivity index (χ4n) is 3.23. The lowest BCUT2D eigenvalue weighted by Crippen LogP contribution is -2.45. The van der Waals surface area contributed by atoms with Crippen molar-refractivity contribution >= 4 is 29.7 Å². The van der Waals surface area contributed by atoms with Crippen molar-refractivity contribution in [1.82, 2.24) is 20.4 Å². The van der Waals surface area contributed by atoms with Gasteiger partial charge in [0, 0.05) is 24.4 Å². The number of aryl methyl sites for hydroxylation is 1. The van der Waals surface area contributed by atoms with Crippen LogP contribution in [0.4, 0.5) is 0 Å². The van der Waals surface area contributed by atoms with Crippen LogP contribution >= 0.6 is 11.8 Å². The molecule has 0 unspecified atom stereocenters. The molecule has 2 N–H and O–H groups in total. The number of carbonyl (C=O) groups is 3. The number of aromatic nitrogens is 2. The Bertz CT molecular complexity index is 1210. The van der Waals surface area contributed by atoms with Crippen molar-refractivity contribution in [2.45, 2.75) is 18.9 Å². The lowest BCUT2D eigenvalue weighted by Gasteiger charge is -2.15. The van der Waals surface area contributed by atoms with Gasteiger partial charge < -0.3 is 9.36 Å². The van der Waals surface area contributed by atoms with Gasteiger partial charge in [-0.15, -0.1) is 0 Å². The summed E-state index contributed by atoms with van der Waals surface area (Å²) in [4.78, 5) is 40.6. The first-order valence-corrected chi connectivity index (χ1v) is 12.1. The van der Waals surface area contributed by atoms with Crippen molar-refractivity contribution < 1.29 is 14.4 Å². The van der Waals surface area contributed by atoms with Crippen molar-refractivity contribution in [2.24, 2.45) is 7.05 Å². The van der Waals surface area contributed by atoms with Crippen LogP contribution < -0.4 is 10.9 Å². The monoisotopic (exact) mass is 474 g/mol. The van der Waals surface area contributed by atoms with Gasteiger partial charge >= 0.3 is 0 Å². The first-order valence-electron chi connectivity index (χ1n) is 10.7. The van der Waals surface area contributed by atoms with Crippen molar-refractivity contribution in [3.8, 4) is 23.0 Å². The highest BCUT2D eigenvalue weighted by Crippen LogP contribution is 2.25. The van der Waals surface area contributed by atoms with Crippen molar-refractivity contribution in [2.75, 3.05) is 12.0 Å². The topological polar surface area (TPSA) is 93.1 Å². The molecule has 0 saturated carbocycles. The summed E-state index contributed by atoms with van der Waals surface area (Å²) in [5.41, 5.74) is 8.66. The van der Waals surface area contributed by atoms with E-state index in [2.05, 4.69) is 27.7 Å². The van der Waals surface area contributed by atoms with Gasteiger partial charge in [-0.1, -0.05) is 36.3 Å². The van der Waals surface area contributed by atoms with Crippen molar-refractivity contribution in [3.05, 3.63) is 77.9 Å². The Kier molecular flexibility index (Phi) is 9.21. The summed E-state index contributed by atoms with van der Waals surface area (Å²) in [6.07, 6.45) is 6.92. The van der Waals surface area contributed by atoms with Crippen molar-refractivity contribution in [1.29, 1.82) is 0 Å². The number of hydrogen-bond donors (Lipinski definition) is 2. The average molecular weight is 475 g/mol. The number of Topliss-reactive ketones (excluding diaryl/α,β-unsaturated/α-hetero) is 1. The summed E-state index contributed by atoms with van der Waals surface area (Å²) in [6.45, 7) is 0. The fraction of sp³-hybridized carbons (Fsp3) is 0.231. The average Bonchev–Trinajstić information content (AvgIpc) is 3.27. The number of amides is 1. The maximum absolute atomic E-state index is 12.9. The number of nitrogens with zero attached hydrogens (tertiary/aromatic N) is 2.